The normalized spacial score (nSPS) is 15.0. The molecule has 4 aromatic rings. The number of fused-ring (bicyclic) bond motifs is 3. The topological polar surface area (TPSA) is 29.5 Å². The third-order valence-corrected chi connectivity index (χ3v) is 7.26. The maximum atomic E-state index is 10.0. The van der Waals surface area contributed by atoms with Gasteiger partial charge in [0.2, 0.25) is 0 Å². The minimum atomic E-state index is -0.615. The molecule has 28 heavy (non-hydrogen) atoms. The third-order valence-electron chi connectivity index (χ3n) is 5.29. The van der Waals surface area contributed by atoms with Crippen molar-refractivity contribution in [1.82, 2.24) is 0 Å². The van der Waals surface area contributed by atoms with E-state index in [9.17, 15) is 5.11 Å². The molecule has 2 nitrogen and oxygen atoms in total. The number of benzene rings is 2. The molecule has 4 heteroatoms. The van der Waals surface area contributed by atoms with Gasteiger partial charge in [-0.25, -0.2) is 0 Å². The fourth-order valence-electron chi connectivity index (χ4n) is 3.92. The Hall–Kier alpha value is -2.56. The average molecular weight is 405 g/mol. The first-order valence-corrected chi connectivity index (χ1v) is 11.1. The highest BCUT2D eigenvalue weighted by atomic mass is 32.1. The first kappa shape index (κ1) is 17.5. The molecule has 0 unspecified atom stereocenters. The summed E-state index contributed by atoms with van der Waals surface area (Å²) in [5.41, 5.74) is 1.75. The molecule has 1 N–H and O–H groups in total. The molecule has 140 valence electrons. The van der Waals surface area contributed by atoms with Crippen molar-refractivity contribution in [1.29, 1.82) is 0 Å². The van der Waals surface area contributed by atoms with E-state index in [0.717, 1.165) is 22.1 Å². The van der Waals surface area contributed by atoms with Gasteiger partial charge in [0.05, 0.1) is 9.75 Å². The highest BCUT2D eigenvalue weighted by molar-refractivity contribution is 7.11. The average Bonchev–Trinajstić information content (AvgIpc) is 3.40. The van der Waals surface area contributed by atoms with Crippen LogP contribution in [-0.2, 0) is 5.60 Å². The number of rotatable bonds is 3. The highest BCUT2D eigenvalue weighted by Crippen LogP contribution is 2.49. The smallest absolute Gasteiger partial charge is 0.196 e. The Labute approximate surface area is 172 Å². The summed E-state index contributed by atoms with van der Waals surface area (Å²) in [4.78, 5) is 2.33. The first-order valence-electron chi connectivity index (χ1n) is 9.34. The summed E-state index contributed by atoms with van der Waals surface area (Å²) >= 11 is 3.42. The van der Waals surface area contributed by atoms with E-state index >= 15 is 0 Å². The summed E-state index contributed by atoms with van der Waals surface area (Å²) in [5.74, 6) is 1.52. The van der Waals surface area contributed by atoms with Crippen LogP contribution in [0.4, 0.5) is 0 Å². The van der Waals surface area contributed by atoms with E-state index in [1.165, 1.54) is 15.3 Å². The monoisotopic (exact) mass is 404 g/mol. The summed E-state index contributed by atoms with van der Waals surface area (Å²) in [6.45, 7) is 4.39. The van der Waals surface area contributed by atoms with E-state index < -0.39 is 5.60 Å². The second-order valence-corrected chi connectivity index (χ2v) is 9.29. The Kier molecular flexibility index (Phi) is 4.07. The van der Waals surface area contributed by atoms with Crippen molar-refractivity contribution in [3.8, 4) is 11.5 Å². The van der Waals surface area contributed by atoms with E-state index in [2.05, 4.69) is 67.1 Å². The lowest BCUT2D eigenvalue weighted by atomic mass is 9.87. The van der Waals surface area contributed by atoms with Crippen molar-refractivity contribution < 1.29 is 9.84 Å². The Morgan fingerprint density at radius 2 is 1.68 bits per heavy atom. The van der Waals surface area contributed by atoms with Gasteiger partial charge < -0.3 is 9.84 Å². The number of ether oxygens (including phenoxy) is 1. The van der Waals surface area contributed by atoms with E-state index in [1.807, 2.05) is 12.1 Å². The van der Waals surface area contributed by atoms with Crippen LogP contribution in [0.25, 0.3) is 16.8 Å². The van der Waals surface area contributed by atoms with Gasteiger partial charge >= 0.3 is 0 Å². The first-order chi connectivity index (χ1) is 13.6. The summed E-state index contributed by atoms with van der Waals surface area (Å²) in [6, 6.07) is 16.1. The number of phenolic OH excluding ortho intramolecular Hbond substituents is 1. The zero-order valence-corrected chi connectivity index (χ0v) is 17.3. The number of aromatic hydroxyl groups is 1. The predicted molar refractivity (Wildman–Crippen MR) is 119 cm³/mol. The number of hydrogen-bond acceptors (Lipinski definition) is 4. The summed E-state index contributed by atoms with van der Waals surface area (Å²) in [7, 11) is 0. The molecule has 2 aromatic carbocycles. The lowest BCUT2D eigenvalue weighted by Crippen LogP contribution is -2.32. The van der Waals surface area contributed by atoms with Gasteiger partial charge in [0.1, 0.15) is 11.5 Å². The van der Waals surface area contributed by atoms with Crippen molar-refractivity contribution in [3.05, 3.63) is 86.2 Å². The molecule has 0 aliphatic carbocycles. The largest absolute Gasteiger partial charge is 0.508 e. The molecule has 5 rings (SSSR count). The molecule has 1 aliphatic heterocycles. The lowest BCUT2D eigenvalue weighted by Gasteiger charge is -2.35. The van der Waals surface area contributed by atoms with Crippen LogP contribution in [0.3, 0.4) is 0 Å². The molecule has 0 saturated heterocycles. The minimum absolute atomic E-state index is 0.274. The van der Waals surface area contributed by atoms with Crippen LogP contribution in [0.2, 0.25) is 0 Å². The molecule has 0 atom stereocenters. The Morgan fingerprint density at radius 3 is 2.29 bits per heavy atom. The quantitative estimate of drug-likeness (QED) is 0.393. The standard InChI is InChI=1S/C24H20O2S2/c1-15(2)20-14-16-13-17(25)7-8-18(16)23-19(20)9-10-24(26-23,21-5-3-11-27-21)22-6-4-12-28-22/h3-15,25H,1-2H3. The zero-order valence-electron chi connectivity index (χ0n) is 15.7. The maximum Gasteiger partial charge on any atom is 0.196 e. The molecule has 1 aliphatic rings. The molecule has 2 aromatic heterocycles. The van der Waals surface area contributed by atoms with E-state index in [0.29, 0.717) is 5.92 Å². The SMILES string of the molecule is CC(C)c1cc2cc(O)ccc2c2c1C=CC(c1cccs1)(c1cccs1)O2. The van der Waals surface area contributed by atoms with Gasteiger partial charge in [0.25, 0.3) is 0 Å². The van der Waals surface area contributed by atoms with Gasteiger partial charge in [0, 0.05) is 10.9 Å². The summed E-state index contributed by atoms with van der Waals surface area (Å²) < 4.78 is 6.90. The summed E-state index contributed by atoms with van der Waals surface area (Å²) in [6.07, 6.45) is 4.42. The van der Waals surface area contributed by atoms with Crippen LogP contribution in [0, 0.1) is 0 Å². The molecule has 0 radical (unpaired) electrons. The molecule has 3 heterocycles. The van der Waals surface area contributed by atoms with Crippen molar-refractivity contribution in [2.75, 3.05) is 0 Å². The molecule has 0 saturated carbocycles. The van der Waals surface area contributed by atoms with Crippen molar-refractivity contribution in [2.24, 2.45) is 0 Å². The van der Waals surface area contributed by atoms with Crippen molar-refractivity contribution >= 4 is 39.5 Å². The number of phenols is 1. The van der Waals surface area contributed by atoms with Crippen LogP contribution < -0.4 is 4.74 Å². The third kappa shape index (κ3) is 2.60. The van der Waals surface area contributed by atoms with Crippen LogP contribution in [0.1, 0.15) is 40.6 Å². The van der Waals surface area contributed by atoms with Crippen LogP contribution in [-0.4, -0.2) is 5.11 Å². The van der Waals surface area contributed by atoms with E-state index in [1.54, 1.807) is 28.7 Å². The molecule has 0 amide bonds. The Balaban J connectivity index is 1.81. The van der Waals surface area contributed by atoms with Gasteiger partial charge in [-0.05, 0) is 70.1 Å². The lowest BCUT2D eigenvalue weighted by molar-refractivity contribution is 0.171. The maximum absolute atomic E-state index is 10.0. The highest BCUT2D eigenvalue weighted by Gasteiger charge is 2.40. The van der Waals surface area contributed by atoms with Gasteiger partial charge in [-0.2, -0.15) is 0 Å². The van der Waals surface area contributed by atoms with Gasteiger partial charge in [-0.3, -0.25) is 0 Å². The zero-order chi connectivity index (χ0) is 19.3. The second kappa shape index (κ2) is 6.50. The number of thiophene rings is 2. The van der Waals surface area contributed by atoms with Gasteiger partial charge in [-0.1, -0.05) is 32.1 Å². The van der Waals surface area contributed by atoms with Crippen molar-refractivity contribution in [3.63, 3.8) is 0 Å². The van der Waals surface area contributed by atoms with Gasteiger partial charge in [0.15, 0.2) is 5.60 Å². The molecule has 0 spiro atoms. The molecule has 0 bridgehead atoms. The fourth-order valence-corrected chi connectivity index (χ4v) is 5.69. The van der Waals surface area contributed by atoms with Gasteiger partial charge in [-0.15, -0.1) is 22.7 Å². The van der Waals surface area contributed by atoms with E-state index in [4.69, 9.17) is 4.74 Å². The fraction of sp³-hybridized carbons (Fsp3) is 0.167. The van der Waals surface area contributed by atoms with Crippen LogP contribution in [0.5, 0.6) is 11.5 Å². The predicted octanol–water partition coefficient (Wildman–Crippen LogP) is 7.14. The van der Waals surface area contributed by atoms with E-state index in [-0.39, 0.29) is 5.75 Å². The Morgan fingerprint density at radius 1 is 0.964 bits per heavy atom. The minimum Gasteiger partial charge on any atom is -0.508 e. The molecular weight excluding hydrogens is 384 g/mol. The molecular formula is C24H20O2S2. The van der Waals surface area contributed by atoms with Crippen LogP contribution in [0.15, 0.2) is 65.4 Å². The second-order valence-electron chi connectivity index (χ2n) is 7.39. The van der Waals surface area contributed by atoms with Crippen LogP contribution >= 0.6 is 22.7 Å². The number of hydrogen-bond donors (Lipinski definition) is 1. The Bertz CT molecular complexity index is 1140. The molecule has 0 fully saturated rings. The van der Waals surface area contributed by atoms with Crippen molar-refractivity contribution in [2.45, 2.75) is 25.4 Å². The summed E-state index contributed by atoms with van der Waals surface area (Å²) in [5, 5.41) is 16.2.